The Bertz CT molecular complexity index is 590. The van der Waals surface area contributed by atoms with Crippen molar-refractivity contribution >= 4 is 33.2 Å². The van der Waals surface area contributed by atoms with Gasteiger partial charge in [-0.2, -0.15) is 4.31 Å². The number of hydrogen-bond donors (Lipinski definition) is 1. The number of likely N-dealkylation sites (N-methyl/N-ethyl adjacent to an activating group) is 1. The Morgan fingerprint density at radius 1 is 1.29 bits per heavy atom. The van der Waals surface area contributed by atoms with Gasteiger partial charge in [-0.1, -0.05) is 23.2 Å². The minimum atomic E-state index is -3.77. The largest absolute Gasteiger partial charge is 0.392 e. The molecule has 0 amide bonds. The quantitative estimate of drug-likeness (QED) is 0.815. The first-order valence-electron chi connectivity index (χ1n) is 6.36. The second-order valence-electron chi connectivity index (χ2n) is 4.78. The molecule has 0 atom stereocenters. The first-order chi connectivity index (χ1) is 9.70. The topological polar surface area (TPSA) is 66.8 Å². The van der Waals surface area contributed by atoms with Crippen molar-refractivity contribution in [1.82, 2.24) is 4.31 Å². The molecule has 1 aromatic carbocycles. The summed E-state index contributed by atoms with van der Waals surface area (Å²) in [5.41, 5.74) is 0.312. The van der Waals surface area contributed by atoms with E-state index in [9.17, 15) is 13.5 Å². The molecular formula is C13H19Cl2NO4S. The third-order valence-electron chi connectivity index (χ3n) is 2.82. The van der Waals surface area contributed by atoms with Gasteiger partial charge in [-0.3, -0.25) is 0 Å². The number of aliphatic hydroxyl groups is 1. The van der Waals surface area contributed by atoms with Gasteiger partial charge in [-0.25, -0.2) is 8.42 Å². The van der Waals surface area contributed by atoms with E-state index >= 15 is 0 Å². The number of ether oxygens (including phenoxy) is 1. The molecular weight excluding hydrogens is 337 g/mol. The van der Waals surface area contributed by atoms with Crippen LogP contribution in [0.1, 0.15) is 19.4 Å². The van der Waals surface area contributed by atoms with E-state index in [4.69, 9.17) is 27.9 Å². The lowest BCUT2D eigenvalue weighted by atomic mass is 10.2. The smallest absolute Gasteiger partial charge is 0.244 e. The minimum absolute atomic E-state index is 0.0221. The molecule has 0 saturated heterocycles. The van der Waals surface area contributed by atoms with Gasteiger partial charge in [0.15, 0.2) is 0 Å². The van der Waals surface area contributed by atoms with Crippen LogP contribution in [0.25, 0.3) is 0 Å². The minimum Gasteiger partial charge on any atom is -0.392 e. The number of benzene rings is 1. The van der Waals surface area contributed by atoms with Gasteiger partial charge in [0.05, 0.1) is 24.3 Å². The summed E-state index contributed by atoms with van der Waals surface area (Å²) < 4.78 is 31.4. The van der Waals surface area contributed by atoms with Crippen LogP contribution in [-0.4, -0.2) is 44.1 Å². The highest BCUT2D eigenvalue weighted by atomic mass is 35.5. The zero-order chi connectivity index (χ0) is 16.2. The van der Waals surface area contributed by atoms with Crippen LogP contribution in [0, 0.1) is 0 Å². The van der Waals surface area contributed by atoms with Crippen LogP contribution in [0.2, 0.25) is 10.0 Å². The molecule has 0 radical (unpaired) electrons. The molecule has 0 bridgehead atoms. The summed E-state index contributed by atoms with van der Waals surface area (Å²) in [7, 11) is -2.32. The van der Waals surface area contributed by atoms with E-state index in [0.29, 0.717) is 5.56 Å². The summed E-state index contributed by atoms with van der Waals surface area (Å²) in [5.74, 6) is 0. The van der Waals surface area contributed by atoms with Crippen molar-refractivity contribution in [3.05, 3.63) is 27.7 Å². The summed E-state index contributed by atoms with van der Waals surface area (Å²) in [6.07, 6.45) is 0.0289. The Morgan fingerprint density at radius 3 is 2.43 bits per heavy atom. The van der Waals surface area contributed by atoms with Crippen LogP contribution >= 0.6 is 23.2 Å². The number of hydrogen-bond acceptors (Lipinski definition) is 4. The molecule has 0 heterocycles. The second-order valence-corrected chi connectivity index (χ2v) is 7.61. The van der Waals surface area contributed by atoms with Crippen molar-refractivity contribution < 1.29 is 18.3 Å². The number of halogens is 2. The van der Waals surface area contributed by atoms with E-state index in [0.717, 1.165) is 4.31 Å². The maximum Gasteiger partial charge on any atom is 0.244 e. The van der Waals surface area contributed by atoms with Gasteiger partial charge in [0, 0.05) is 18.6 Å². The molecule has 0 unspecified atom stereocenters. The summed E-state index contributed by atoms with van der Waals surface area (Å²) in [4.78, 5) is -0.0790. The Labute approximate surface area is 135 Å². The predicted molar refractivity (Wildman–Crippen MR) is 83.3 cm³/mol. The molecule has 1 aromatic rings. The molecule has 0 aliphatic heterocycles. The molecule has 21 heavy (non-hydrogen) atoms. The van der Waals surface area contributed by atoms with Gasteiger partial charge in [0.2, 0.25) is 10.0 Å². The molecule has 5 nitrogen and oxygen atoms in total. The third kappa shape index (κ3) is 4.81. The fraction of sp³-hybridized carbons (Fsp3) is 0.538. The predicted octanol–water partition coefficient (Wildman–Crippen LogP) is 2.53. The third-order valence-corrected chi connectivity index (χ3v) is 5.49. The van der Waals surface area contributed by atoms with Crippen LogP contribution in [-0.2, 0) is 21.4 Å². The maximum atomic E-state index is 12.5. The fourth-order valence-electron chi connectivity index (χ4n) is 1.60. The lowest BCUT2D eigenvalue weighted by molar-refractivity contribution is 0.0737. The van der Waals surface area contributed by atoms with Gasteiger partial charge >= 0.3 is 0 Å². The van der Waals surface area contributed by atoms with Crippen LogP contribution < -0.4 is 0 Å². The Morgan fingerprint density at radius 2 is 1.90 bits per heavy atom. The summed E-state index contributed by atoms with van der Waals surface area (Å²) in [6, 6.07) is 2.61. The van der Waals surface area contributed by atoms with Crippen LogP contribution in [0.5, 0.6) is 0 Å². The fourth-order valence-corrected chi connectivity index (χ4v) is 3.58. The summed E-state index contributed by atoms with van der Waals surface area (Å²) in [6.45, 7) is 3.87. The molecule has 120 valence electrons. The van der Waals surface area contributed by atoms with E-state index in [2.05, 4.69) is 0 Å². The molecule has 0 aliphatic rings. The zero-order valence-electron chi connectivity index (χ0n) is 12.1. The van der Waals surface area contributed by atoms with Crippen LogP contribution in [0.4, 0.5) is 0 Å². The van der Waals surface area contributed by atoms with Crippen molar-refractivity contribution in [1.29, 1.82) is 0 Å². The highest BCUT2D eigenvalue weighted by Gasteiger charge is 2.24. The summed E-state index contributed by atoms with van der Waals surface area (Å²) >= 11 is 11.8. The highest BCUT2D eigenvalue weighted by molar-refractivity contribution is 7.89. The Balaban J connectivity index is 3.02. The monoisotopic (exact) mass is 355 g/mol. The van der Waals surface area contributed by atoms with Gasteiger partial charge in [-0.15, -0.1) is 0 Å². The standard InChI is InChI=1S/C13H19Cl2NO4S/c1-9(2)20-5-4-16(3)21(18,19)13-6-10(8-17)11(14)7-12(13)15/h6-7,9,17H,4-5,8H2,1-3H3. The number of rotatable bonds is 7. The van der Waals surface area contributed by atoms with Crippen molar-refractivity contribution in [3.63, 3.8) is 0 Å². The van der Waals surface area contributed by atoms with Crippen LogP contribution in [0.15, 0.2) is 17.0 Å². The molecule has 0 saturated carbocycles. The average molecular weight is 356 g/mol. The lowest BCUT2D eigenvalue weighted by Crippen LogP contribution is -2.31. The molecule has 0 spiro atoms. The molecule has 8 heteroatoms. The highest BCUT2D eigenvalue weighted by Crippen LogP contribution is 2.30. The number of nitrogens with zero attached hydrogens (tertiary/aromatic N) is 1. The van der Waals surface area contributed by atoms with Crippen molar-refractivity contribution in [2.24, 2.45) is 0 Å². The average Bonchev–Trinajstić information content (AvgIpc) is 2.37. The van der Waals surface area contributed by atoms with Gasteiger partial charge in [-0.05, 0) is 31.5 Å². The van der Waals surface area contributed by atoms with Gasteiger partial charge in [0.1, 0.15) is 4.90 Å². The van der Waals surface area contributed by atoms with E-state index in [1.54, 1.807) is 0 Å². The number of aliphatic hydroxyl groups excluding tert-OH is 1. The Hall–Kier alpha value is -0.370. The summed E-state index contributed by atoms with van der Waals surface area (Å²) in [5, 5.41) is 9.44. The normalized spacial score (nSPS) is 12.4. The van der Waals surface area contributed by atoms with Crippen molar-refractivity contribution in [2.75, 3.05) is 20.2 Å². The number of sulfonamides is 1. The maximum absolute atomic E-state index is 12.5. The van der Waals surface area contributed by atoms with Crippen LogP contribution in [0.3, 0.4) is 0 Å². The van der Waals surface area contributed by atoms with Gasteiger partial charge < -0.3 is 9.84 Å². The lowest BCUT2D eigenvalue weighted by Gasteiger charge is -2.19. The molecule has 1 rings (SSSR count). The van der Waals surface area contributed by atoms with Gasteiger partial charge in [0.25, 0.3) is 0 Å². The molecule has 1 N–H and O–H groups in total. The van der Waals surface area contributed by atoms with Crippen molar-refractivity contribution in [3.8, 4) is 0 Å². The van der Waals surface area contributed by atoms with Crippen molar-refractivity contribution in [2.45, 2.75) is 31.5 Å². The molecule has 0 fully saturated rings. The molecule has 0 aliphatic carbocycles. The first-order valence-corrected chi connectivity index (χ1v) is 8.56. The Kier molecular flexibility index (Phi) is 6.90. The van der Waals surface area contributed by atoms with E-state index < -0.39 is 10.0 Å². The zero-order valence-corrected chi connectivity index (χ0v) is 14.5. The van der Waals surface area contributed by atoms with E-state index in [1.165, 1.54) is 19.2 Å². The SMILES string of the molecule is CC(C)OCCN(C)S(=O)(=O)c1cc(CO)c(Cl)cc1Cl. The molecule has 0 aromatic heterocycles. The van der Waals surface area contributed by atoms with E-state index in [-0.39, 0.29) is 40.8 Å². The van der Waals surface area contributed by atoms with E-state index in [1.807, 2.05) is 13.8 Å². The second kappa shape index (κ2) is 7.76. The first kappa shape index (κ1) is 18.7.